The van der Waals surface area contributed by atoms with Crippen LogP contribution in [0.4, 0.5) is 5.69 Å². The summed E-state index contributed by atoms with van der Waals surface area (Å²) < 4.78 is 31.8. The van der Waals surface area contributed by atoms with E-state index in [0.29, 0.717) is 11.5 Å². The molecule has 29 heavy (non-hydrogen) atoms. The molecule has 0 radical (unpaired) electrons. The van der Waals surface area contributed by atoms with Crippen LogP contribution in [0.1, 0.15) is 11.1 Å². The maximum Gasteiger partial charge on any atom is 0.294 e. The van der Waals surface area contributed by atoms with Crippen LogP contribution in [0.15, 0.2) is 101 Å². The average Bonchev–Trinajstić information content (AvgIpc) is 3.05. The second kappa shape index (κ2) is 7.46. The first-order valence-corrected chi connectivity index (χ1v) is 10.2. The minimum Gasteiger partial charge on any atom is -0.282 e. The predicted molar refractivity (Wildman–Crippen MR) is 111 cm³/mol. The first-order valence-electron chi connectivity index (χ1n) is 8.76. The van der Waals surface area contributed by atoms with Gasteiger partial charge in [-0.05, 0) is 35.9 Å². The van der Waals surface area contributed by atoms with Gasteiger partial charge < -0.3 is 0 Å². The van der Waals surface area contributed by atoms with Crippen LogP contribution in [0.2, 0.25) is 0 Å². The summed E-state index contributed by atoms with van der Waals surface area (Å²) in [5.41, 5.74) is 2.31. The number of hydrogen-bond acceptors (Lipinski definition) is 4. The first-order chi connectivity index (χ1) is 13.9. The first kappa shape index (κ1) is 18.8. The van der Waals surface area contributed by atoms with Crippen molar-refractivity contribution < 1.29 is 17.8 Å². The molecule has 0 saturated heterocycles. The second-order valence-electron chi connectivity index (χ2n) is 6.35. The molecular weight excluding hydrogens is 388 g/mol. The van der Waals surface area contributed by atoms with E-state index in [0.717, 1.165) is 11.1 Å². The Kier molecular flexibility index (Phi) is 4.84. The number of anilines is 1. The zero-order valence-corrected chi connectivity index (χ0v) is 16.0. The van der Waals surface area contributed by atoms with Crippen molar-refractivity contribution in [3.8, 4) is 0 Å². The second-order valence-corrected chi connectivity index (χ2v) is 7.77. The quantitative estimate of drug-likeness (QED) is 0.530. The Labute approximate surface area is 168 Å². The highest BCUT2D eigenvalue weighted by atomic mass is 32.2. The third-order valence-corrected chi connectivity index (χ3v) is 5.26. The Balaban J connectivity index is 1.80. The molecule has 6 nitrogen and oxygen atoms in total. The number of amidine groups is 1. The van der Waals surface area contributed by atoms with Crippen LogP contribution >= 0.6 is 0 Å². The summed E-state index contributed by atoms with van der Waals surface area (Å²) >= 11 is 0. The number of benzene rings is 3. The van der Waals surface area contributed by atoms with Crippen LogP contribution in [-0.2, 0) is 14.9 Å². The monoisotopic (exact) mass is 404 g/mol. The number of hydrogen-bond donors (Lipinski definition) is 1. The lowest BCUT2D eigenvalue weighted by Gasteiger charge is -2.18. The highest BCUT2D eigenvalue weighted by molar-refractivity contribution is 7.85. The molecule has 0 saturated carbocycles. The third kappa shape index (κ3) is 3.87. The van der Waals surface area contributed by atoms with E-state index < -0.39 is 10.1 Å². The molecule has 4 rings (SSSR count). The molecule has 1 aliphatic heterocycles. The van der Waals surface area contributed by atoms with Gasteiger partial charge in [0, 0.05) is 5.56 Å². The molecule has 3 aromatic rings. The molecule has 0 aliphatic carbocycles. The SMILES string of the molecule is O=C1/C(=C\c2ccccc2)N=C(c2ccccc2)N1c1ccc(S(=O)(=O)O)cc1. The predicted octanol–water partition coefficient (Wildman–Crippen LogP) is 3.77. The molecule has 0 bridgehead atoms. The van der Waals surface area contributed by atoms with Crippen LogP contribution in [0.5, 0.6) is 0 Å². The van der Waals surface area contributed by atoms with Gasteiger partial charge in [0.05, 0.1) is 10.6 Å². The van der Waals surface area contributed by atoms with Gasteiger partial charge in [0.15, 0.2) is 0 Å². The van der Waals surface area contributed by atoms with E-state index in [9.17, 15) is 17.8 Å². The van der Waals surface area contributed by atoms with Gasteiger partial charge in [-0.25, -0.2) is 4.99 Å². The summed E-state index contributed by atoms with van der Waals surface area (Å²) in [6, 6.07) is 24.1. The van der Waals surface area contributed by atoms with Crippen molar-refractivity contribution in [1.29, 1.82) is 0 Å². The molecule has 1 N–H and O–H groups in total. The van der Waals surface area contributed by atoms with E-state index in [1.807, 2.05) is 60.7 Å². The molecule has 1 aliphatic rings. The summed E-state index contributed by atoms with van der Waals surface area (Å²) in [5, 5.41) is 0. The lowest BCUT2D eigenvalue weighted by molar-refractivity contribution is -0.113. The molecule has 0 spiro atoms. The van der Waals surface area contributed by atoms with Crippen molar-refractivity contribution in [2.45, 2.75) is 4.90 Å². The van der Waals surface area contributed by atoms with Gasteiger partial charge in [0.25, 0.3) is 16.0 Å². The van der Waals surface area contributed by atoms with E-state index in [1.54, 1.807) is 6.08 Å². The van der Waals surface area contributed by atoms with Crippen molar-refractivity contribution in [2.24, 2.45) is 4.99 Å². The molecule has 0 atom stereocenters. The lowest BCUT2D eigenvalue weighted by atomic mass is 10.1. The minimum absolute atomic E-state index is 0.244. The van der Waals surface area contributed by atoms with Crippen LogP contribution in [0.3, 0.4) is 0 Å². The van der Waals surface area contributed by atoms with Crippen LogP contribution in [0, 0.1) is 0 Å². The summed E-state index contributed by atoms with van der Waals surface area (Å²) in [5.74, 6) is 0.115. The van der Waals surface area contributed by atoms with Gasteiger partial charge in [-0.2, -0.15) is 8.42 Å². The van der Waals surface area contributed by atoms with E-state index >= 15 is 0 Å². The molecule has 3 aromatic carbocycles. The summed E-state index contributed by atoms with van der Waals surface area (Å²) in [4.78, 5) is 18.9. The Morgan fingerprint density at radius 2 is 1.41 bits per heavy atom. The van der Waals surface area contributed by atoms with Gasteiger partial charge >= 0.3 is 0 Å². The van der Waals surface area contributed by atoms with Crippen LogP contribution in [0.25, 0.3) is 6.08 Å². The molecule has 1 amide bonds. The van der Waals surface area contributed by atoms with E-state index in [1.165, 1.54) is 29.2 Å². The molecular formula is C22H16N2O4S. The number of amides is 1. The Morgan fingerprint density at radius 1 is 0.828 bits per heavy atom. The minimum atomic E-state index is -4.32. The highest BCUT2D eigenvalue weighted by Gasteiger charge is 2.32. The molecule has 0 aromatic heterocycles. The molecule has 1 heterocycles. The fourth-order valence-corrected chi connectivity index (χ4v) is 3.49. The maximum absolute atomic E-state index is 13.2. The van der Waals surface area contributed by atoms with Gasteiger partial charge in [-0.15, -0.1) is 0 Å². The smallest absolute Gasteiger partial charge is 0.282 e. The highest BCUT2D eigenvalue weighted by Crippen LogP contribution is 2.28. The number of nitrogens with zero attached hydrogens (tertiary/aromatic N) is 2. The number of aliphatic imine (C=N–C) groups is 1. The topological polar surface area (TPSA) is 87.0 Å². The number of carbonyl (C=O) groups excluding carboxylic acids is 1. The summed E-state index contributed by atoms with van der Waals surface area (Å²) in [7, 11) is -4.32. The van der Waals surface area contributed by atoms with Crippen molar-refractivity contribution in [3.63, 3.8) is 0 Å². The van der Waals surface area contributed by atoms with Crippen molar-refractivity contribution in [1.82, 2.24) is 0 Å². The molecule has 144 valence electrons. The summed E-state index contributed by atoms with van der Waals surface area (Å²) in [6.45, 7) is 0. The van der Waals surface area contributed by atoms with Crippen LogP contribution in [-0.4, -0.2) is 24.7 Å². The zero-order chi connectivity index (χ0) is 20.4. The Bertz CT molecular complexity index is 1220. The van der Waals surface area contributed by atoms with E-state index in [2.05, 4.69) is 4.99 Å². The molecule has 7 heteroatoms. The summed E-state index contributed by atoms with van der Waals surface area (Å²) in [6.07, 6.45) is 1.71. The molecule has 0 fully saturated rings. The maximum atomic E-state index is 13.2. The normalized spacial score (nSPS) is 15.6. The van der Waals surface area contributed by atoms with E-state index in [4.69, 9.17) is 0 Å². The largest absolute Gasteiger partial charge is 0.294 e. The fourth-order valence-electron chi connectivity index (χ4n) is 3.01. The van der Waals surface area contributed by atoms with Gasteiger partial charge in [0.1, 0.15) is 11.5 Å². The Hall–Kier alpha value is -3.55. The third-order valence-electron chi connectivity index (χ3n) is 4.39. The fraction of sp³-hybridized carbons (Fsp3) is 0. The van der Waals surface area contributed by atoms with Gasteiger partial charge in [-0.1, -0.05) is 60.7 Å². The molecule has 0 unspecified atom stereocenters. The zero-order valence-electron chi connectivity index (χ0n) is 15.1. The standard InChI is InChI=1S/C22H16N2O4S/c25-22-20(15-16-7-3-1-4-8-16)23-21(17-9-5-2-6-10-17)24(22)18-11-13-19(14-12-18)29(26,27)28/h1-15H,(H,26,27,28)/b20-15+. The van der Waals surface area contributed by atoms with Crippen molar-refractivity contribution >= 4 is 33.6 Å². The van der Waals surface area contributed by atoms with Crippen molar-refractivity contribution in [2.75, 3.05) is 4.90 Å². The van der Waals surface area contributed by atoms with Crippen molar-refractivity contribution in [3.05, 3.63) is 102 Å². The average molecular weight is 404 g/mol. The Morgan fingerprint density at radius 3 is 2.00 bits per heavy atom. The van der Waals surface area contributed by atoms with Gasteiger partial charge in [0.2, 0.25) is 0 Å². The van der Waals surface area contributed by atoms with Crippen LogP contribution < -0.4 is 4.90 Å². The number of rotatable bonds is 4. The lowest BCUT2D eigenvalue weighted by Crippen LogP contribution is -2.32. The van der Waals surface area contributed by atoms with E-state index in [-0.39, 0.29) is 16.5 Å². The number of carbonyl (C=O) groups is 1. The van der Waals surface area contributed by atoms with Gasteiger partial charge in [-0.3, -0.25) is 14.2 Å².